The Balaban J connectivity index is 1.22. The van der Waals surface area contributed by atoms with Gasteiger partial charge < -0.3 is 15.1 Å². The Bertz CT molecular complexity index is 1640. The molecule has 0 aromatic heterocycles. The summed E-state index contributed by atoms with van der Waals surface area (Å²) >= 11 is 18.5. The molecule has 0 aliphatic carbocycles. The van der Waals surface area contributed by atoms with Crippen LogP contribution in [0.3, 0.4) is 0 Å². The lowest BCUT2D eigenvalue weighted by atomic mass is 9.96. The molecular weight excluding hydrogens is 597 g/mol. The number of amides is 1. The van der Waals surface area contributed by atoms with Crippen LogP contribution < -0.4 is 10.2 Å². The van der Waals surface area contributed by atoms with Gasteiger partial charge in [-0.15, -0.1) is 0 Å². The molecule has 6 nitrogen and oxygen atoms in total. The quantitative estimate of drug-likeness (QED) is 0.259. The van der Waals surface area contributed by atoms with Crippen molar-refractivity contribution in [2.75, 3.05) is 38.1 Å². The van der Waals surface area contributed by atoms with Gasteiger partial charge >= 0.3 is 0 Å². The molecule has 0 saturated carbocycles. The minimum Gasteiger partial charge on any atom is -0.347 e. The van der Waals surface area contributed by atoms with Crippen LogP contribution in [-0.4, -0.2) is 65.9 Å². The predicted molar refractivity (Wildman–Crippen MR) is 179 cm³/mol. The minimum atomic E-state index is -0.886. The third kappa shape index (κ3) is 6.31. The molecule has 6 rings (SSSR count). The van der Waals surface area contributed by atoms with Gasteiger partial charge in [0.25, 0.3) is 5.91 Å². The van der Waals surface area contributed by atoms with E-state index in [0.717, 1.165) is 34.9 Å². The van der Waals surface area contributed by atoms with Gasteiger partial charge in [0.2, 0.25) is 6.17 Å². The van der Waals surface area contributed by atoms with Crippen molar-refractivity contribution in [3.8, 4) is 0 Å². The number of fused-ring (bicyclic) bond motifs is 1. The van der Waals surface area contributed by atoms with Gasteiger partial charge in [0, 0.05) is 54.4 Å². The summed E-state index contributed by atoms with van der Waals surface area (Å²) < 4.78 is 0. The highest BCUT2D eigenvalue weighted by Crippen LogP contribution is 2.32. The summed E-state index contributed by atoms with van der Waals surface area (Å²) in [5.41, 5.74) is 5.56. The van der Waals surface area contributed by atoms with Crippen molar-refractivity contribution in [2.24, 2.45) is 4.99 Å². The van der Waals surface area contributed by atoms with E-state index in [1.165, 1.54) is 11.1 Å². The van der Waals surface area contributed by atoms with Gasteiger partial charge in [0.05, 0.1) is 17.4 Å². The summed E-state index contributed by atoms with van der Waals surface area (Å²) in [6.07, 6.45) is -0.886. The van der Waals surface area contributed by atoms with Crippen molar-refractivity contribution in [1.82, 2.24) is 15.1 Å². The standard InChI is InChI=1S/C34H31Cl2N5OS/c1-39-29-17-16-27(36)22-28(29)30(23-8-4-2-5-9-23)37-32(33(39)42)38-34(43)41-20-18-40(19-21-41)31(24-10-6-3-7-11-24)25-12-14-26(35)15-13-25/h2-17,22,31-32H,18-21H2,1H3,(H,38,43). The number of aliphatic imine (C=N–C) groups is 1. The molecule has 1 amide bonds. The van der Waals surface area contributed by atoms with Crippen molar-refractivity contribution in [1.29, 1.82) is 0 Å². The predicted octanol–water partition coefficient (Wildman–Crippen LogP) is 6.42. The number of rotatable bonds is 5. The molecule has 1 N–H and O–H groups in total. The zero-order valence-electron chi connectivity index (χ0n) is 23.7. The van der Waals surface area contributed by atoms with E-state index in [1.807, 2.05) is 60.7 Å². The fourth-order valence-electron chi connectivity index (χ4n) is 5.75. The van der Waals surface area contributed by atoms with E-state index in [2.05, 4.69) is 51.5 Å². The van der Waals surface area contributed by atoms with Crippen LogP contribution in [-0.2, 0) is 4.79 Å². The van der Waals surface area contributed by atoms with Crippen LogP contribution in [0.4, 0.5) is 5.69 Å². The van der Waals surface area contributed by atoms with E-state index >= 15 is 0 Å². The smallest absolute Gasteiger partial charge is 0.272 e. The van der Waals surface area contributed by atoms with Gasteiger partial charge in [-0.05, 0) is 53.7 Å². The first kappa shape index (κ1) is 29.3. The number of benzodiazepines with no additional fused rings is 1. The molecule has 1 fully saturated rings. The molecule has 2 atom stereocenters. The van der Waals surface area contributed by atoms with Crippen molar-refractivity contribution in [2.45, 2.75) is 12.2 Å². The van der Waals surface area contributed by atoms with Crippen LogP contribution in [0.5, 0.6) is 0 Å². The summed E-state index contributed by atoms with van der Waals surface area (Å²) in [4.78, 5) is 24.9. The monoisotopic (exact) mass is 627 g/mol. The molecule has 4 aromatic carbocycles. The highest BCUT2D eigenvalue weighted by atomic mass is 35.5. The number of likely N-dealkylation sites (N-methyl/N-ethyl adjacent to an activating group) is 1. The van der Waals surface area contributed by atoms with E-state index in [1.54, 1.807) is 18.0 Å². The first-order chi connectivity index (χ1) is 20.9. The number of piperazine rings is 1. The number of nitrogens with zero attached hydrogens (tertiary/aromatic N) is 4. The normalized spacial score (nSPS) is 18.0. The maximum Gasteiger partial charge on any atom is 0.272 e. The van der Waals surface area contributed by atoms with Crippen molar-refractivity contribution in [3.05, 3.63) is 135 Å². The largest absolute Gasteiger partial charge is 0.347 e. The lowest BCUT2D eigenvalue weighted by Crippen LogP contribution is -2.56. The van der Waals surface area contributed by atoms with E-state index in [0.29, 0.717) is 28.9 Å². The number of thiocarbonyl (C=S) groups is 1. The van der Waals surface area contributed by atoms with Crippen molar-refractivity contribution >= 4 is 57.8 Å². The highest BCUT2D eigenvalue weighted by molar-refractivity contribution is 7.80. The fraction of sp³-hybridized carbons (Fsp3) is 0.206. The molecule has 0 radical (unpaired) electrons. The van der Waals surface area contributed by atoms with Gasteiger partial charge in [0.15, 0.2) is 5.11 Å². The average molecular weight is 629 g/mol. The molecule has 2 heterocycles. The van der Waals surface area contributed by atoms with Gasteiger partial charge in [0.1, 0.15) is 0 Å². The van der Waals surface area contributed by atoms with Crippen LogP contribution in [0.25, 0.3) is 0 Å². The summed E-state index contributed by atoms with van der Waals surface area (Å²) in [6.45, 7) is 3.02. The van der Waals surface area contributed by atoms with Gasteiger partial charge in [-0.3, -0.25) is 9.69 Å². The lowest BCUT2D eigenvalue weighted by Gasteiger charge is -2.41. The Hall–Kier alpha value is -3.75. The third-order valence-corrected chi connectivity index (χ3v) is 8.84. The van der Waals surface area contributed by atoms with Crippen LogP contribution in [0.2, 0.25) is 10.0 Å². The van der Waals surface area contributed by atoms with Gasteiger partial charge in [-0.1, -0.05) is 96.0 Å². The van der Waals surface area contributed by atoms with Crippen LogP contribution in [0.15, 0.2) is 108 Å². The molecule has 2 unspecified atom stereocenters. The van der Waals surface area contributed by atoms with Crippen molar-refractivity contribution in [3.63, 3.8) is 0 Å². The van der Waals surface area contributed by atoms with Crippen molar-refractivity contribution < 1.29 is 4.79 Å². The lowest BCUT2D eigenvalue weighted by molar-refractivity contribution is -0.119. The number of benzene rings is 4. The molecule has 0 bridgehead atoms. The summed E-state index contributed by atoms with van der Waals surface area (Å²) in [5, 5.41) is 5.09. The number of hydrogen-bond donors (Lipinski definition) is 1. The molecule has 0 spiro atoms. The van der Waals surface area contributed by atoms with Gasteiger partial charge in [-0.2, -0.15) is 0 Å². The Morgan fingerprint density at radius 1 is 0.837 bits per heavy atom. The van der Waals surface area contributed by atoms with E-state index in [-0.39, 0.29) is 11.9 Å². The number of anilines is 1. The molecule has 1 saturated heterocycles. The molecule has 2 aliphatic rings. The second-order valence-electron chi connectivity index (χ2n) is 10.6. The number of carbonyl (C=O) groups excluding carboxylic acids is 1. The van der Waals surface area contributed by atoms with Gasteiger partial charge in [-0.25, -0.2) is 4.99 Å². The first-order valence-corrected chi connectivity index (χ1v) is 15.4. The van der Waals surface area contributed by atoms with E-state index < -0.39 is 6.17 Å². The zero-order chi connectivity index (χ0) is 29.9. The minimum absolute atomic E-state index is 0.0996. The topological polar surface area (TPSA) is 51.2 Å². The number of nitrogens with one attached hydrogen (secondary N) is 1. The van der Waals surface area contributed by atoms with Crippen LogP contribution in [0.1, 0.15) is 28.3 Å². The molecule has 9 heteroatoms. The molecule has 4 aromatic rings. The summed E-state index contributed by atoms with van der Waals surface area (Å²) in [7, 11) is 1.76. The Morgan fingerprint density at radius 2 is 1.44 bits per heavy atom. The average Bonchev–Trinajstić information content (AvgIpc) is 3.13. The second-order valence-corrected chi connectivity index (χ2v) is 11.9. The molecule has 2 aliphatic heterocycles. The number of halogens is 2. The Morgan fingerprint density at radius 3 is 2.12 bits per heavy atom. The van der Waals surface area contributed by atoms with E-state index in [9.17, 15) is 4.79 Å². The first-order valence-electron chi connectivity index (χ1n) is 14.2. The molecular formula is C34H31Cl2N5OS. The Labute approximate surface area is 267 Å². The number of carbonyl (C=O) groups is 1. The maximum absolute atomic E-state index is 13.7. The summed E-state index contributed by atoms with van der Waals surface area (Å²) in [6, 6.07) is 34.0. The SMILES string of the molecule is CN1C(=O)C(NC(=S)N2CCN(C(c3ccccc3)c3ccc(Cl)cc3)CC2)N=C(c2ccccc2)c2cc(Cl)ccc21. The maximum atomic E-state index is 13.7. The second kappa shape index (κ2) is 12.9. The third-order valence-electron chi connectivity index (χ3n) is 7.97. The fourth-order valence-corrected chi connectivity index (χ4v) is 6.34. The zero-order valence-corrected chi connectivity index (χ0v) is 26.0. The van der Waals surface area contributed by atoms with Crippen LogP contribution >= 0.6 is 35.4 Å². The van der Waals surface area contributed by atoms with E-state index in [4.69, 9.17) is 40.4 Å². The molecule has 218 valence electrons. The Kier molecular flexibility index (Phi) is 8.77. The highest BCUT2D eigenvalue weighted by Gasteiger charge is 2.33. The summed E-state index contributed by atoms with van der Waals surface area (Å²) in [5.74, 6) is -0.192. The van der Waals surface area contributed by atoms with Crippen LogP contribution in [0, 0.1) is 0 Å². The number of hydrogen-bond acceptors (Lipinski definition) is 4. The molecule has 43 heavy (non-hydrogen) atoms.